The number of nitrogens with zero attached hydrogens (tertiary/aromatic N) is 3. The minimum Gasteiger partial charge on any atom is -0.491 e. The van der Waals surface area contributed by atoms with E-state index in [-0.39, 0.29) is 43.3 Å². The van der Waals surface area contributed by atoms with Gasteiger partial charge in [-0.05, 0) is 87.4 Å². The second kappa shape index (κ2) is 12.7. The summed E-state index contributed by atoms with van der Waals surface area (Å²) in [7, 11) is 0. The molecule has 0 bridgehead atoms. The fourth-order valence-electron chi connectivity index (χ4n) is 5.79. The van der Waals surface area contributed by atoms with Crippen LogP contribution in [0.1, 0.15) is 67.2 Å². The van der Waals surface area contributed by atoms with Crippen molar-refractivity contribution < 1.29 is 31.5 Å². The van der Waals surface area contributed by atoms with Crippen molar-refractivity contribution in [3.05, 3.63) is 101 Å². The number of carbonyl (C=O) groups is 1. The average Bonchev–Trinajstić information content (AvgIpc) is 3.31. The summed E-state index contributed by atoms with van der Waals surface area (Å²) < 4.78 is 76.3. The maximum atomic E-state index is 14.1. The summed E-state index contributed by atoms with van der Waals surface area (Å²) in [6.07, 6.45) is -1.03. The van der Waals surface area contributed by atoms with Crippen LogP contribution in [0.25, 0.3) is 11.1 Å². The van der Waals surface area contributed by atoms with Crippen LogP contribution in [-0.4, -0.2) is 26.7 Å². The number of fused-ring (bicyclic) bond motifs is 1. The van der Waals surface area contributed by atoms with E-state index in [4.69, 9.17) is 4.74 Å². The van der Waals surface area contributed by atoms with Crippen LogP contribution in [0.15, 0.2) is 60.8 Å². The van der Waals surface area contributed by atoms with E-state index in [0.29, 0.717) is 35.5 Å². The summed E-state index contributed by atoms with van der Waals surface area (Å²) in [4.78, 5) is 18.1. The van der Waals surface area contributed by atoms with Crippen molar-refractivity contribution >= 4 is 5.78 Å². The van der Waals surface area contributed by atoms with Gasteiger partial charge in [-0.25, -0.2) is 8.78 Å². The van der Waals surface area contributed by atoms with Gasteiger partial charge in [0.15, 0.2) is 11.5 Å². The minimum atomic E-state index is -4.61. The molecule has 10 heteroatoms. The van der Waals surface area contributed by atoms with Crippen molar-refractivity contribution in [1.29, 1.82) is 0 Å². The van der Waals surface area contributed by atoms with Crippen molar-refractivity contribution in [3.63, 3.8) is 0 Å². The van der Waals surface area contributed by atoms with E-state index < -0.39 is 29.4 Å². The van der Waals surface area contributed by atoms with E-state index in [2.05, 4.69) is 10.1 Å². The van der Waals surface area contributed by atoms with Gasteiger partial charge in [-0.2, -0.15) is 18.3 Å². The van der Waals surface area contributed by atoms with E-state index in [1.165, 1.54) is 16.8 Å². The molecule has 0 unspecified atom stereocenters. The Morgan fingerprint density at radius 1 is 1.00 bits per heavy atom. The topological polar surface area (TPSA) is 57.0 Å². The molecule has 1 aliphatic carbocycles. The zero-order chi connectivity index (χ0) is 30.7. The lowest BCUT2D eigenvalue weighted by atomic mass is 9.86. The lowest BCUT2D eigenvalue weighted by molar-refractivity contribution is -0.142. The summed E-state index contributed by atoms with van der Waals surface area (Å²) >= 11 is 0. The van der Waals surface area contributed by atoms with E-state index in [1.807, 2.05) is 44.2 Å². The molecule has 2 aromatic heterocycles. The molecule has 0 spiro atoms. The number of halogens is 5. The SMILES string of the molecule is CC(C)Oc1ccc(-c2cccnc2[C@@H](CC(=O)Cn2nc(C(F)(F)F)c3c2CCCC3)Cc2cc(F)cc(F)c2)cc1. The molecule has 0 radical (unpaired) electrons. The van der Waals surface area contributed by atoms with Crippen molar-refractivity contribution in [2.24, 2.45) is 0 Å². The first-order valence-corrected chi connectivity index (χ1v) is 14.3. The molecule has 1 aliphatic rings. The second-order valence-electron chi connectivity index (χ2n) is 11.2. The maximum Gasteiger partial charge on any atom is 0.435 e. The second-order valence-corrected chi connectivity index (χ2v) is 11.2. The highest BCUT2D eigenvalue weighted by Gasteiger charge is 2.39. The number of aromatic nitrogens is 3. The smallest absolute Gasteiger partial charge is 0.435 e. The molecule has 0 fully saturated rings. The summed E-state index contributed by atoms with van der Waals surface area (Å²) in [5.74, 6) is -1.78. The van der Waals surface area contributed by atoms with E-state index in [0.717, 1.165) is 23.6 Å². The minimum absolute atomic E-state index is 0.00513. The molecule has 5 rings (SSSR count). The molecule has 0 saturated carbocycles. The predicted octanol–water partition coefficient (Wildman–Crippen LogP) is 7.89. The summed E-state index contributed by atoms with van der Waals surface area (Å²) in [6.45, 7) is 3.51. The predicted molar refractivity (Wildman–Crippen MR) is 152 cm³/mol. The molecule has 1 atom stereocenters. The Morgan fingerprint density at radius 2 is 1.70 bits per heavy atom. The highest BCUT2D eigenvalue weighted by atomic mass is 19.4. The van der Waals surface area contributed by atoms with Crippen LogP contribution in [0.3, 0.4) is 0 Å². The van der Waals surface area contributed by atoms with Crippen molar-refractivity contribution in [3.8, 4) is 16.9 Å². The van der Waals surface area contributed by atoms with E-state index in [1.54, 1.807) is 12.3 Å². The Morgan fingerprint density at radius 3 is 2.37 bits per heavy atom. The molecule has 43 heavy (non-hydrogen) atoms. The normalized spacial score (nSPS) is 14.0. The van der Waals surface area contributed by atoms with Gasteiger partial charge >= 0.3 is 6.18 Å². The summed E-state index contributed by atoms with van der Waals surface area (Å²) in [6, 6.07) is 14.2. The van der Waals surface area contributed by atoms with Crippen LogP contribution in [0.2, 0.25) is 0 Å². The quantitative estimate of drug-likeness (QED) is 0.175. The average molecular weight is 598 g/mol. The van der Waals surface area contributed by atoms with Crippen molar-refractivity contribution in [2.45, 2.75) is 77.1 Å². The first-order chi connectivity index (χ1) is 20.5. The molecule has 226 valence electrons. The van der Waals surface area contributed by atoms with Gasteiger partial charge in [0.2, 0.25) is 0 Å². The Balaban J connectivity index is 1.48. The number of ketones is 1. The van der Waals surface area contributed by atoms with E-state index in [9.17, 15) is 26.7 Å². The molecule has 0 aliphatic heterocycles. The van der Waals surface area contributed by atoms with Crippen molar-refractivity contribution in [1.82, 2.24) is 14.8 Å². The van der Waals surface area contributed by atoms with Gasteiger partial charge in [0.25, 0.3) is 0 Å². The number of Topliss-reactive ketones (excluding diaryl/α,β-unsaturated/α-hetero) is 1. The highest BCUT2D eigenvalue weighted by Crippen LogP contribution is 2.37. The Bertz CT molecular complexity index is 1580. The number of pyridine rings is 1. The zero-order valence-corrected chi connectivity index (χ0v) is 23.9. The number of hydrogen-bond donors (Lipinski definition) is 0. The van der Waals surface area contributed by atoms with Gasteiger partial charge in [-0.3, -0.25) is 14.5 Å². The number of rotatable bonds is 10. The fourth-order valence-corrected chi connectivity index (χ4v) is 5.79. The van der Waals surface area contributed by atoms with Crippen LogP contribution < -0.4 is 4.74 Å². The molecular formula is C33H32F5N3O2. The molecule has 5 nitrogen and oxygen atoms in total. The summed E-state index contributed by atoms with van der Waals surface area (Å²) in [5, 5.41) is 3.83. The lowest BCUT2D eigenvalue weighted by Crippen LogP contribution is -2.19. The summed E-state index contributed by atoms with van der Waals surface area (Å²) in [5.41, 5.74) is 2.08. The standard InChI is InChI=1S/C33H32F5N3O2/c1-20(2)43-27-11-9-22(10-12-27)28-7-5-13-39-31(28)23(14-21-15-24(34)18-25(35)16-21)17-26(42)19-41-30-8-4-3-6-29(30)32(40-41)33(36,37)38/h5,7,9-13,15-16,18,20,23H,3-4,6,8,14,17,19H2,1-2H3/t23-/m1/s1. The molecule has 2 heterocycles. The maximum absolute atomic E-state index is 14.1. The third kappa shape index (κ3) is 7.29. The molecule has 0 saturated heterocycles. The van der Waals surface area contributed by atoms with Crippen LogP contribution in [0.5, 0.6) is 5.75 Å². The van der Waals surface area contributed by atoms with Gasteiger partial charge in [-0.15, -0.1) is 0 Å². The Kier molecular flexibility index (Phi) is 8.94. The van der Waals surface area contributed by atoms with Crippen molar-refractivity contribution in [2.75, 3.05) is 0 Å². The van der Waals surface area contributed by atoms with Crippen LogP contribution in [0.4, 0.5) is 22.0 Å². The molecule has 2 aromatic carbocycles. The third-order valence-electron chi connectivity index (χ3n) is 7.49. The van der Waals surface area contributed by atoms with Gasteiger partial charge in [0, 0.05) is 41.4 Å². The first-order valence-electron chi connectivity index (χ1n) is 14.3. The van der Waals surface area contributed by atoms with Crippen LogP contribution in [0, 0.1) is 11.6 Å². The molecular weight excluding hydrogens is 565 g/mol. The lowest BCUT2D eigenvalue weighted by Gasteiger charge is -2.20. The number of alkyl halides is 3. The Hall–Kier alpha value is -4.08. The first kappa shape index (κ1) is 30.4. The van der Waals surface area contributed by atoms with Gasteiger partial charge in [0.1, 0.15) is 17.4 Å². The van der Waals surface area contributed by atoms with Crippen LogP contribution >= 0.6 is 0 Å². The number of hydrogen-bond acceptors (Lipinski definition) is 4. The number of ether oxygens (including phenoxy) is 1. The van der Waals surface area contributed by atoms with E-state index >= 15 is 0 Å². The van der Waals surface area contributed by atoms with Gasteiger partial charge in [0.05, 0.1) is 18.3 Å². The molecule has 0 amide bonds. The largest absolute Gasteiger partial charge is 0.491 e. The Labute approximate surface area is 246 Å². The molecule has 4 aromatic rings. The monoisotopic (exact) mass is 597 g/mol. The highest BCUT2D eigenvalue weighted by molar-refractivity contribution is 5.80. The third-order valence-corrected chi connectivity index (χ3v) is 7.49. The van der Waals surface area contributed by atoms with Gasteiger partial charge in [-0.1, -0.05) is 18.2 Å². The fraction of sp³-hybridized carbons (Fsp3) is 0.364. The molecule has 0 N–H and O–H groups in total. The zero-order valence-electron chi connectivity index (χ0n) is 23.9. The number of benzene rings is 2. The number of carbonyl (C=O) groups excluding carboxylic acids is 1. The van der Waals surface area contributed by atoms with Gasteiger partial charge < -0.3 is 4.74 Å². The van der Waals surface area contributed by atoms with Crippen LogP contribution in [-0.2, 0) is 36.8 Å².